The molecular weight excluding hydrogens is 320 g/mol. The number of amides is 2. The molecule has 2 aromatic rings. The zero-order valence-corrected chi connectivity index (χ0v) is 12.3. The molecule has 0 fully saturated rings. The predicted octanol–water partition coefficient (Wildman–Crippen LogP) is 3.21. The summed E-state index contributed by atoms with van der Waals surface area (Å²) in [7, 11) is 0. The van der Waals surface area contributed by atoms with Crippen molar-refractivity contribution in [3.63, 3.8) is 0 Å². The first-order valence-corrected chi connectivity index (χ1v) is 7.05. The van der Waals surface area contributed by atoms with Gasteiger partial charge in [0, 0.05) is 0 Å². The summed E-state index contributed by atoms with van der Waals surface area (Å²) in [5.41, 5.74) is 2.35. The van der Waals surface area contributed by atoms with Crippen LogP contribution in [0.3, 0.4) is 0 Å². The van der Waals surface area contributed by atoms with Gasteiger partial charge in [-0.15, -0.1) is 0 Å². The molecule has 3 rings (SSSR count). The van der Waals surface area contributed by atoms with E-state index in [4.69, 9.17) is 0 Å². The molecule has 1 aromatic heterocycles. The van der Waals surface area contributed by atoms with E-state index in [2.05, 4.69) is 20.9 Å². The normalized spacial score (nSPS) is 13.8. The zero-order chi connectivity index (χ0) is 14.3. The van der Waals surface area contributed by atoms with Crippen LogP contribution in [0.5, 0.6) is 0 Å². The van der Waals surface area contributed by atoms with Gasteiger partial charge in [0.15, 0.2) is 0 Å². The van der Waals surface area contributed by atoms with Gasteiger partial charge in [-0.05, 0) is 46.1 Å². The SMILES string of the molecule is CCc1cc(Br)ncc1N1C(=O)c2ccccc2C1=O. The first-order chi connectivity index (χ1) is 9.63. The van der Waals surface area contributed by atoms with Crippen LogP contribution in [0.2, 0.25) is 0 Å². The maximum Gasteiger partial charge on any atom is 0.266 e. The van der Waals surface area contributed by atoms with Crippen LogP contribution in [-0.2, 0) is 6.42 Å². The maximum absolute atomic E-state index is 12.4. The number of carbonyl (C=O) groups is 2. The summed E-state index contributed by atoms with van der Waals surface area (Å²) in [6.45, 7) is 1.98. The van der Waals surface area contributed by atoms with Crippen molar-refractivity contribution in [2.45, 2.75) is 13.3 Å². The van der Waals surface area contributed by atoms with Gasteiger partial charge in [-0.25, -0.2) is 9.88 Å². The van der Waals surface area contributed by atoms with Crippen molar-refractivity contribution in [1.82, 2.24) is 4.98 Å². The second-order valence-corrected chi connectivity index (χ2v) is 5.29. The van der Waals surface area contributed by atoms with Crippen LogP contribution in [0.25, 0.3) is 0 Å². The summed E-state index contributed by atoms with van der Waals surface area (Å²) in [6.07, 6.45) is 2.27. The van der Waals surface area contributed by atoms with E-state index < -0.39 is 0 Å². The Morgan fingerprint density at radius 2 is 1.75 bits per heavy atom. The molecular formula is C15H11BrN2O2. The molecule has 0 aliphatic carbocycles. The van der Waals surface area contributed by atoms with Crippen molar-refractivity contribution in [2.24, 2.45) is 0 Å². The van der Waals surface area contributed by atoms with Crippen LogP contribution in [0, 0.1) is 0 Å². The highest BCUT2D eigenvalue weighted by atomic mass is 79.9. The smallest absolute Gasteiger partial charge is 0.266 e. The minimum Gasteiger partial charge on any atom is -0.268 e. The number of hydrogen-bond acceptors (Lipinski definition) is 3. The molecule has 0 unspecified atom stereocenters. The standard InChI is InChI=1S/C15H11BrN2O2/c1-2-9-7-13(16)17-8-12(9)18-14(19)10-5-3-4-6-11(10)15(18)20/h3-8H,2H2,1H3. The Hall–Kier alpha value is -2.01. The first-order valence-electron chi connectivity index (χ1n) is 6.25. The summed E-state index contributed by atoms with van der Waals surface area (Å²) in [6, 6.07) is 8.70. The number of imide groups is 1. The Labute approximate surface area is 124 Å². The van der Waals surface area contributed by atoms with Crippen molar-refractivity contribution in [2.75, 3.05) is 4.90 Å². The minimum absolute atomic E-state index is 0.288. The summed E-state index contributed by atoms with van der Waals surface area (Å²) in [4.78, 5) is 30.2. The second-order valence-electron chi connectivity index (χ2n) is 4.48. The predicted molar refractivity (Wildman–Crippen MR) is 78.9 cm³/mol. The lowest BCUT2D eigenvalue weighted by molar-refractivity contribution is 0.0926. The number of carbonyl (C=O) groups excluding carboxylic acids is 2. The highest BCUT2D eigenvalue weighted by Crippen LogP contribution is 2.31. The summed E-state index contributed by atoms with van der Waals surface area (Å²) < 4.78 is 0.690. The minimum atomic E-state index is -0.288. The van der Waals surface area contributed by atoms with E-state index in [0.29, 0.717) is 27.8 Å². The number of pyridine rings is 1. The summed E-state index contributed by atoms with van der Waals surface area (Å²) >= 11 is 3.30. The molecule has 5 heteroatoms. The van der Waals surface area contributed by atoms with Gasteiger partial charge in [0.2, 0.25) is 0 Å². The van der Waals surface area contributed by atoms with E-state index in [1.807, 2.05) is 13.0 Å². The molecule has 2 heterocycles. The van der Waals surface area contributed by atoms with Crippen molar-refractivity contribution < 1.29 is 9.59 Å². The van der Waals surface area contributed by atoms with Crippen molar-refractivity contribution in [1.29, 1.82) is 0 Å². The Bertz CT molecular complexity index is 693. The molecule has 0 N–H and O–H groups in total. The monoisotopic (exact) mass is 330 g/mol. The van der Waals surface area contributed by atoms with Crippen LogP contribution >= 0.6 is 15.9 Å². The van der Waals surface area contributed by atoms with Gasteiger partial charge in [-0.1, -0.05) is 19.1 Å². The fourth-order valence-electron chi connectivity index (χ4n) is 2.35. The van der Waals surface area contributed by atoms with E-state index in [1.165, 1.54) is 4.90 Å². The number of aromatic nitrogens is 1. The number of nitrogens with zero attached hydrogens (tertiary/aromatic N) is 2. The Kier molecular flexibility index (Phi) is 3.14. The summed E-state index contributed by atoms with van der Waals surface area (Å²) in [5.74, 6) is -0.575. The average molecular weight is 331 g/mol. The number of benzene rings is 1. The molecule has 4 nitrogen and oxygen atoms in total. The van der Waals surface area contributed by atoms with Crippen molar-refractivity contribution >= 4 is 33.4 Å². The van der Waals surface area contributed by atoms with E-state index in [-0.39, 0.29) is 11.8 Å². The highest BCUT2D eigenvalue weighted by molar-refractivity contribution is 9.10. The fraction of sp³-hybridized carbons (Fsp3) is 0.133. The topological polar surface area (TPSA) is 50.3 Å². The number of fused-ring (bicyclic) bond motifs is 1. The van der Waals surface area contributed by atoms with Crippen molar-refractivity contribution in [3.8, 4) is 0 Å². The molecule has 0 saturated carbocycles. The maximum atomic E-state index is 12.4. The third-order valence-electron chi connectivity index (χ3n) is 3.35. The quantitative estimate of drug-likeness (QED) is 0.627. The van der Waals surface area contributed by atoms with E-state index in [0.717, 1.165) is 5.56 Å². The van der Waals surface area contributed by atoms with Crippen LogP contribution in [-0.4, -0.2) is 16.8 Å². The fourth-order valence-corrected chi connectivity index (χ4v) is 2.73. The van der Waals surface area contributed by atoms with E-state index >= 15 is 0 Å². The Morgan fingerprint density at radius 1 is 1.15 bits per heavy atom. The number of aryl methyl sites for hydroxylation is 1. The molecule has 2 amide bonds. The van der Waals surface area contributed by atoms with Crippen LogP contribution < -0.4 is 4.90 Å². The lowest BCUT2D eigenvalue weighted by Crippen LogP contribution is -2.30. The van der Waals surface area contributed by atoms with Crippen LogP contribution in [0.1, 0.15) is 33.2 Å². The van der Waals surface area contributed by atoms with Crippen LogP contribution in [0.15, 0.2) is 41.1 Å². The third kappa shape index (κ3) is 1.86. The van der Waals surface area contributed by atoms with E-state index in [1.54, 1.807) is 30.5 Å². The molecule has 1 aliphatic heterocycles. The summed E-state index contributed by atoms with van der Waals surface area (Å²) in [5, 5.41) is 0. The zero-order valence-electron chi connectivity index (χ0n) is 10.8. The number of halogens is 1. The highest BCUT2D eigenvalue weighted by Gasteiger charge is 2.37. The van der Waals surface area contributed by atoms with Gasteiger partial charge < -0.3 is 0 Å². The van der Waals surface area contributed by atoms with Gasteiger partial charge in [-0.3, -0.25) is 9.59 Å². The molecule has 0 spiro atoms. The Balaban J connectivity index is 2.14. The van der Waals surface area contributed by atoms with Gasteiger partial charge in [0.1, 0.15) is 4.60 Å². The molecule has 0 saturated heterocycles. The number of rotatable bonds is 2. The van der Waals surface area contributed by atoms with E-state index in [9.17, 15) is 9.59 Å². The van der Waals surface area contributed by atoms with Crippen LogP contribution in [0.4, 0.5) is 5.69 Å². The molecule has 20 heavy (non-hydrogen) atoms. The van der Waals surface area contributed by atoms with Crippen molar-refractivity contribution in [3.05, 3.63) is 57.8 Å². The lowest BCUT2D eigenvalue weighted by atomic mass is 10.1. The van der Waals surface area contributed by atoms with Gasteiger partial charge in [0.25, 0.3) is 11.8 Å². The average Bonchev–Trinajstić information content (AvgIpc) is 2.72. The third-order valence-corrected chi connectivity index (χ3v) is 3.78. The molecule has 1 aliphatic rings. The Morgan fingerprint density at radius 3 is 2.30 bits per heavy atom. The van der Waals surface area contributed by atoms with Gasteiger partial charge in [0.05, 0.1) is 23.0 Å². The number of anilines is 1. The largest absolute Gasteiger partial charge is 0.268 e. The first kappa shape index (κ1) is 13.0. The molecule has 1 aromatic carbocycles. The molecule has 0 bridgehead atoms. The molecule has 100 valence electrons. The number of hydrogen-bond donors (Lipinski definition) is 0. The molecule has 0 radical (unpaired) electrons. The lowest BCUT2D eigenvalue weighted by Gasteiger charge is -2.17. The second kappa shape index (κ2) is 4.83. The molecule has 0 atom stereocenters. The van der Waals surface area contributed by atoms with Gasteiger partial charge >= 0.3 is 0 Å². The van der Waals surface area contributed by atoms with Gasteiger partial charge in [-0.2, -0.15) is 0 Å².